The number of aromatic carboxylic acids is 1. The van der Waals surface area contributed by atoms with E-state index >= 15 is 0 Å². The summed E-state index contributed by atoms with van der Waals surface area (Å²) in [4.78, 5) is 25.1. The van der Waals surface area contributed by atoms with E-state index < -0.39 is 5.97 Å². The highest BCUT2D eigenvalue weighted by Crippen LogP contribution is 2.53. The Morgan fingerprint density at radius 2 is 1.79 bits per heavy atom. The monoisotopic (exact) mass is 453 g/mol. The minimum Gasteiger partial charge on any atom is -0.507 e. The predicted octanol–water partition coefficient (Wildman–Crippen LogP) is 4.33. The molecule has 7 heteroatoms. The molecule has 2 aliphatic heterocycles. The Bertz CT molecular complexity index is 985. The molecule has 7 nitrogen and oxygen atoms in total. The number of likely N-dealkylation sites (tertiary alicyclic amines) is 1. The molecule has 176 valence electrons. The maximum Gasteiger partial charge on any atom is 0.339 e. The number of carboxylic acids is 1. The van der Waals surface area contributed by atoms with Gasteiger partial charge in [0.2, 0.25) is 0 Å². The molecule has 1 unspecified atom stereocenters. The van der Waals surface area contributed by atoms with E-state index in [-0.39, 0.29) is 23.3 Å². The average Bonchev–Trinajstić information content (AvgIpc) is 3.35. The topological polar surface area (TPSA) is 96.3 Å². The third-order valence-electron chi connectivity index (χ3n) is 6.93. The fraction of sp³-hybridized carbons (Fsp3) is 0.462. The first kappa shape index (κ1) is 23.1. The van der Waals surface area contributed by atoms with E-state index in [4.69, 9.17) is 14.6 Å². The van der Waals surface area contributed by atoms with Crippen molar-refractivity contribution in [2.45, 2.75) is 44.6 Å². The van der Waals surface area contributed by atoms with Gasteiger partial charge in [0.25, 0.3) is 5.91 Å². The lowest BCUT2D eigenvalue weighted by Crippen LogP contribution is -2.44. The van der Waals surface area contributed by atoms with Crippen molar-refractivity contribution < 1.29 is 29.3 Å². The fourth-order valence-electron chi connectivity index (χ4n) is 4.61. The summed E-state index contributed by atoms with van der Waals surface area (Å²) in [6, 6.07) is 12.0. The van der Waals surface area contributed by atoms with Gasteiger partial charge in [0.05, 0.1) is 7.11 Å². The molecule has 2 saturated heterocycles. The Balaban J connectivity index is 0.000000159. The number of phenols is 1. The van der Waals surface area contributed by atoms with Crippen LogP contribution in [0.25, 0.3) is 11.1 Å². The van der Waals surface area contributed by atoms with E-state index in [0.717, 1.165) is 38.1 Å². The number of ether oxygens (including phenoxy) is 2. The average molecular weight is 454 g/mol. The number of carbonyl (C=O) groups is 2. The highest BCUT2D eigenvalue weighted by atomic mass is 16.5. The Labute approximate surface area is 193 Å². The summed E-state index contributed by atoms with van der Waals surface area (Å²) in [5.74, 6) is -0.793. The Morgan fingerprint density at radius 3 is 2.33 bits per heavy atom. The number of amides is 1. The van der Waals surface area contributed by atoms with Crippen LogP contribution in [-0.2, 0) is 9.53 Å². The van der Waals surface area contributed by atoms with Gasteiger partial charge in [-0.05, 0) is 55.6 Å². The molecule has 2 N–H and O–H groups in total. The summed E-state index contributed by atoms with van der Waals surface area (Å²) in [6.45, 7) is 2.71. The third kappa shape index (κ3) is 5.30. The van der Waals surface area contributed by atoms with E-state index in [1.54, 1.807) is 0 Å². The van der Waals surface area contributed by atoms with Crippen molar-refractivity contribution in [3.05, 3.63) is 48.0 Å². The highest BCUT2D eigenvalue weighted by molar-refractivity contribution is 5.93. The Morgan fingerprint density at radius 1 is 1.09 bits per heavy atom. The molecular formula is C26H31NO6. The van der Waals surface area contributed by atoms with Crippen LogP contribution in [-0.4, -0.2) is 59.9 Å². The van der Waals surface area contributed by atoms with Gasteiger partial charge in [0.1, 0.15) is 23.2 Å². The molecule has 1 saturated carbocycles. The molecule has 0 aromatic heterocycles. The number of carbonyl (C=O) groups excluding carboxylic acids is 1. The van der Waals surface area contributed by atoms with Crippen molar-refractivity contribution >= 4 is 11.9 Å². The lowest BCUT2D eigenvalue weighted by molar-refractivity contribution is -0.142. The van der Waals surface area contributed by atoms with Crippen LogP contribution < -0.4 is 4.74 Å². The first-order valence-corrected chi connectivity index (χ1v) is 11.5. The van der Waals surface area contributed by atoms with Crippen LogP contribution in [0.2, 0.25) is 0 Å². The molecule has 3 fully saturated rings. The fourth-order valence-corrected chi connectivity index (χ4v) is 4.61. The van der Waals surface area contributed by atoms with Gasteiger partial charge >= 0.3 is 5.97 Å². The Kier molecular flexibility index (Phi) is 6.88. The molecule has 2 aromatic rings. The van der Waals surface area contributed by atoms with Crippen molar-refractivity contribution in [3.63, 3.8) is 0 Å². The molecule has 3 aliphatic rings. The van der Waals surface area contributed by atoms with Crippen molar-refractivity contribution in [1.82, 2.24) is 4.90 Å². The molecule has 5 rings (SSSR count). The molecule has 1 amide bonds. The van der Waals surface area contributed by atoms with Gasteiger partial charge in [-0.15, -0.1) is 0 Å². The number of hydrogen-bond donors (Lipinski definition) is 2. The van der Waals surface area contributed by atoms with Gasteiger partial charge in [-0.25, -0.2) is 4.79 Å². The van der Waals surface area contributed by atoms with Crippen molar-refractivity contribution in [2.75, 3.05) is 26.8 Å². The van der Waals surface area contributed by atoms with Crippen LogP contribution in [0.5, 0.6) is 11.5 Å². The van der Waals surface area contributed by atoms with Crippen molar-refractivity contribution in [3.8, 4) is 22.6 Å². The minimum absolute atomic E-state index is 0.113. The smallest absolute Gasteiger partial charge is 0.339 e. The molecule has 0 bridgehead atoms. The van der Waals surface area contributed by atoms with Gasteiger partial charge in [-0.3, -0.25) is 4.79 Å². The van der Waals surface area contributed by atoms with Crippen molar-refractivity contribution in [1.29, 1.82) is 0 Å². The number of nitrogens with zero attached hydrogens (tertiary/aromatic N) is 1. The van der Waals surface area contributed by atoms with E-state index in [1.165, 1.54) is 44.9 Å². The third-order valence-corrected chi connectivity index (χ3v) is 6.93. The number of methoxy groups -OCH3 is 1. The standard InChI is InChI=1S/C14H12O4.C12H19NO2/c1-18-13-8-12(15)11(14(16)17)7-10(13)9-5-3-2-4-6-9;14-11(10-2-1-9-15-10)13-7-5-12(3-4-12)6-8-13/h2-8,15H,1H3,(H,16,17);10H,1-9H2. The van der Waals surface area contributed by atoms with Gasteiger partial charge in [-0.1, -0.05) is 30.3 Å². The number of benzene rings is 2. The summed E-state index contributed by atoms with van der Waals surface area (Å²) >= 11 is 0. The quantitative estimate of drug-likeness (QED) is 0.715. The summed E-state index contributed by atoms with van der Waals surface area (Å²) in [5, 5.41) is 18.6. The minimum atomic E-state index is -1.17. The van der Waals surface area contributed by atoms with Crippen LogP contribution in [0.15, 0.2) is 42.5 Å². The zero-order valence-electron chi connectivity index (χ0n) is 19.0. The largest absolute Gasteiger partial charge is 0.507 e. The summed E-state index contributed by atoms with van der Waals surface area (Å²) in [5.41, 5.74) is 1.98. The molecule has 2 aromatic carbocycles. The number of hydrogen-bond acceptors (Lipinski definition) is 5. The summed E-state index contributed by atoms with van der Waals surface area (Å²) < 4.78 is 10.6. The first-order valence-electron chi connectivity index (χ1n) is 11.5. The maximum atomic E-state index is 12.0. The number of carboxylic acid groups (broad SMARTS) is 1. The molecule has 1 aliphatic carbocycles. The number of rotatable bonds is 4. The van der Waals surface area contributed by atoms with E-state index in [1.807, 2.05) is 35.2 Å². The second-order valence-corrected chi connectivity index (χ2v) is 9.07. The highest BCUT2D eigenvalue weighted by Gasteiger charge is 2.45. The van der Waals surface area contributed by atoms with Crippen LogP contribution in [0.3, 0.4) is 0 Å². The molecule has 33 heavy (non-hydrogen) atoms. The molecule has 1 atom stereocenters. The molecule has 0 radical (unpaired) electrons. The van der Waals surface area contributed by atoms with Crippen LogP contribution >= 0.6 is 0 Å². The van der Waals surface area contributed by atoms with E-state index in [9.17, 15) is 14.7 Å². The number of aromatic hydroxyl groups is 1. The zero-order valence-corrected chi connectivity index (χ0v) is 19.0. The first-order chi connectivity index (χ1) is 15.9. The molecule has 1 spiro atoms. The number of piperidine rings is 1. The zero-order chi connectivity index (χ0) is 23.4. The van der Waals surface area contributed by atoms with Gasteiger partial charge in [0.15, 0.2) is 0 Å². The van der Waals surface area contributed by atoms with Crippen LogP contribution in [0, 0.1) is 5.41 Å². The van der Waals surface area contributed by atoms with Crippen LogP contribution in [0.1, 0.15) is 48.9 Å². The lowest BCUT2D eigenvalue weighted by Gasteiger charge is -2.33. The second-order valence-electron chi connectivity index (χ2n) is 9.07. The maximum absolute atomic E-state index is 12.0. The van der Waals surface area contributed by atoms with Crippen LogP contribution in [0.4, 0.5) is 0 Å². The van der Waals surface area contributed by atoms with E-state index in [2.05, 4.69) is 0 Å². The SMILES string of the molecule is COc1cc(O)c(C(=O)O)cc1-c1ccccc1.O=C(C1CCCO1)N1CCC2(CC1)CC2. The van der Waals surface area contributed by atoms with Crippen molar-refractivity contribution in [2.24, 2.45) is 5.41 Å². The molecular weight excluding hydrogens is 422 g/mol. The summed E-state index contributed by atoms with van der Waals surface area (Å²) in [7, 11) is 1.47. The van der Waals surface area contributed by atoms with Gasteiger partial charge in [0, 0.05) is 31.3 Å². The van der Waals surface area contributed by atoms with Gasteiger partial charge < -0.3 is 24.6 Å². The molecule has 2 heterocycles. The Hall–Kier alpha value is -3.06. The normalized spacial score (nSPS) is 20.6. The van der Waals surface area contributed by atoms with Gasteiger partial charge in [-0.2, -0.15) is 0 Å². The second kappa shape index (κ2) is 9.83. The summed E-state index contributed by atoms with van der Waals surface area (Å²) in [6.07, 6.45) is 7.12. The lowest BCUT2D eigenvalue weighted by atomic mass is 9.93. The van der Waals surface area contributed by atoms with E-state index in [0.29, 0.717) is 16.7 Å². The predicted molar refractivity (Wildman–Crippen MR) is 124 cm³/mol.